The maximum atomic E-state index is 13.4. The predicted octanol–water partition coefficient (Wildman–Crippen LogP) is 2.33. The van der Waals surface area contributed by atoms with Crippen molar-refractivity contribution >= 4 is 10.0 Å². The fraction of sp³-hybridized carbons (Fsp3) is 0.600. The van der Waals surface area contributed by atoms with Crippen LogP contribution in [0.5, 0.6) is 0 Å². The van der Waals surface area contributed by atoms with E-state index in [0.29, 0.717) is 17.7 Å². The highest BCUT2D eigenvalue weighted by molar-refractivity contribution is 7.89. The molecule has 118 valence electrons. The van der Waals surface area contributed by atoms with E-state index < -0.39 is 15.8 Å². The summed E-state index contributed by atoms with van der Waals surface area (Å²) >= 11 is 0. The summed E-state index contributed by atoms with van der Waals surface area (Å²) in [5.41, 5.74) is 6.51. The number of nitrogens with zero attached hydrogens (tertiary/aromatic N) is 1. The van der Waals surface area contributed by atoms with Gasteiger partial charge < -0.3 is 5.73 Å². The van der Waals surface area contributed by atoms with E-state index in [-0.39, 0.29) is 17.5 Å². The molecule has 21 heavy (non-hydrogen) atoms. The molecule has 6 heteroatoms. The molecule has 1 aliphatic rings. The van der Waals surface area contributed by atoms with Crippen molar-refractivity contribution in [2.24, 2.45) is 5.73 Å². The molecule has 0 bridgehead atoms. The first kappa shape index (κ1) is 16.4. The highest BCUT2D eigenvalue weighted by atomic mass is 32.2. The Kier molecular flexibility index (Phi) is 5.01. The maximum absolute atomic E-state index is 13.4. The van der Waals surface area contributed by atoms with Crippen molar-refractivity contribution in [3.63, 3.8) is 0 Å². The maximum Gasteiger partial charge on any atom is 0.243 e. The van der Waals surface area contributed by atoms with Gasteiger partial charge in [0.1, 0.15) is 5.82 Å². The number of aryl methyl sites for hydroxylation is 2. The van der Waals surface area contributed by atoms with Crippen LogP contribution in [0.15, 0.2) is 17.0 Å². The van der Waals surface area contributed by atoms with E-state index in [4.69, 9.17) is 5.73 Å². The van der Waals surface area contributed by atoms with Crippen LogP contribution in [0, 0.1) is 19.7 Å². The van der Waals surface area contributed by atoms with Gasteiger partial charge in [0, 0.05) is 19.1 Å². The summed E-state index contributed by atoms with van der Waals surface area (Å²) in [5.74, 6) is -0.407. The minimum absolute atomic E-state index is 0.0161. The summed E-state index contributed by atoms with van der Waals surface area (Å²) in [6.07, 6.45) is 3.84. The van der Waals surface area contributed by atoms with E-state index >= 15 is 0 Å². The molecular formula is C15H23FN2O2S. The first-order valence-corrected chi connectivity index (χ1v) is 8.80. The third-order valence-electron chi connectivity index (χ3n) is 4.07. The van der Waals surface area contributed by atoms with E-state index in [1.54, 1.807) is 13.8 Å². The summed E-state index contributed by atoms with van der Waals surface area (Å²) < 4.78 is 41.0. The minimum Gasteiger partial charge on any atom is -0.329 e. The van der Waals surface area contributed by atoms with Crippen LogP contribution >= 0.6 is 0 Å². The Labute approximate surface area is 126 Å². The molecule has 0 spiro atoms. The van der Waals surface area contributed by atoms with Crippen LogP contribution < -0.4 is 5.73 Å². The van der Waals surface area contributed by atoms with Gasteiger partial charge in [-0.05, 0) is 49.9 Å². The highest BCUT2D eigenvalue weighted by Gasteiger charge is 2.34. The number of nitrogens with two attached hydrogens (primary N) is 1. The molecule has 0 radical (unpaired) electrons. The standard InChI is InChI=1S/C15H23FN2O2S/c1-11-9-13(16)10-12(2)15(11)21(19,20)18(8-7-17)14-5-3-4-6-14/h9-10,14H,3-8,17H2,1-2H3. The average Bonchev–Trinajstić information content (AvgIpc) is 2.87. The van der Waals surface area contributed by atoms with Crippen molar-refractivity contribution in [1.29, 1.82) is 0 Å². The van der Waals surface area contributed by atoms with Crippen LogP contribution in [-0.2, 0) is 10.0 Å². The van der Waals surface area contributed by atoms with Crippen LogP contribution in [0.4, 0.5) is 4.39 Å². The van der Waals surface area contributed by atoms with Gasteiger partial charge in [-0.25, -0.2) is 12.8 Å². The first-order valence-electron chi connectivity index (χ1n) is 7.36. The van der Waals surface area contributed by atoms with Gasteiger partial charge in [0.25, 0.3) is 0 Å². The minimum atomic E-state index is -3.64. The largest absolute Gasteiger partial charge is 0.329 e. The Morgan fingerprint density at radius 2 is 1.76 bits per heavy atom. The summed E-state index contributed by atoms with van der Waals surface area (Å²) in [4.78, 5) is 0.226. The second-order valence-corrected chi connectivity index (χ2v) is 7.54. The molecule has 4 nitrogen and oxygen atoms in total. The van der Waals surface area contributed by atoms with Gasteiger partial charge in [-0.15, -0.1) is 0 Å². The van der Waals surface area contributed by atoms with Gasteiger partial charge in [0.15, 0.2) is 0 Å². The summed E-state index contributed by atoms with van der Waals surface area (Å²) in [7, 11) is -3.64. The quantitative estimate of drug-likeness (QED) is 0.907. The predicted molar refractivity (Wildman–Crippen MR) is 81.1 cm³/mol. The molecule has 0 aliphatic heterocycles. The Bertz CT molecular complexity index is 587. The molecule has 2 rings (SSSR count). The third kappa shape index (κ3) is 3.27. The van der Waals surface area contributed by atoms with Crippen molar-refractivity contribution in [1.82, 2.24) is 4.31 Å². The number of sulfonamides is 1. The molecule has 0 unspecified atom stereocenters. The molecule has 1 fully saturated rings. The van der Waals surface area contributed by atoms with Crippen molar-refractivity contribution in [3.05, 3.63) is 29.1 Å². The lowest BCUT2D eigenvalue weighted by Gasteiger charge is -2.29. The van der Waals surface area contributed by atoms with E-state index in [0.717, 1.165) is 25.7 Å². The zero-order chi connectivity index (χ0) is 15.6. The SMILES string of the molecule is Cc1cc(F)cc(C)c1S(=O)(=O)N(CCN)C1CCCC1. The Morgan fingerprint density at radius 1 is 1.24 bits per heavy atom. The lowest BCUT2D eigenvalue weighted by molar-refractivity contribution is 0.328. The van der Waals surface area contributed by atoms with Gasteiger partial charge in [-0.1, -0.05) is 12.8 Å². The lowest BCUT2D eigenvalue weighted by Crippen LogP contribution is -2.42. The molecule has 0 atom stereocenters. The number of halogens is 1. The number of hydrogen-bond donors (Lipinski definition) is 1. The molecule has 1 aromatic carbocycles. The lowest BCUT2D eigenvalue weighted by atomic mass is 10.1. The second kappa shape index (κ2) is 6.42. The normalized spacial score (nSPS) is 16.8. The van der Waals surface area contributed by atoms with Gasteiger partial charge in [0.2, 0.25) is 10.0 Å². The summed E-state index contributed by atoms with van der Waals surface area (Å²) in [6.45, 7) is 3.87. The van der Waals surface area contributed by atoms with Gasteiger partial charge in [-0.2, -0.15) is 4.31 Å². The monoisotopic (exact) mass is 314 g/mol. The molecular weight excluding hydrogens is 291 g/mol. The van der Waals surface area contributed by atoms with Crippen LogP contribution in [-0.4, -0.2) is 31.9 Å². The molecule has 0 amide bonds. The Hall–Kier alpha value is -0.980. The topological polar surface area (TPSA) is 63.4 Å². The van der Waals surface area contributed by atoms with Crippen LogP contribution in [0.1, 0.15) is 36.8 Å². The Morgan fingerprint density at radius 3 is 2.24 bits per heavy atom. The second-order valence-electron chi connectivity index (χ2n) is 5.71. The van der Waals surface area contributed by atoms with Gasteiger partial charge >= 0.3 is 0 Å². The van der Waals surface area contributed by atoms with Crippen LogP contribution in [0.25, 0.3) is 0 Å². The van der Waals surface area contributed by atoms with Gasteiger partial charge in [0.05, 0.1) is 4.90 Å². The van der Waals surface area contributed by atoms with E-state index in [1.165, 1.54) is 16.4 Å². The Balaban J connectivity index is 2.48. The smallest absolute Gasteiger partial charge is 0.243 e. The molecule has 2 N–H and O–H groups in total. The molecule has 1 aliphatic carbocycles. The van der Waals surface area contributed by atoms with Crippen LogP contribution in [0.2, 0.25) is 0 Å². The molecule has 0 saturated heterocycles. The fourth-order valence-electron chi connectivity index (χ4n) is 3.24. The van der Waals surface area contributed by atoms with Crippen LogP contribution in [0.3, 0.4) is 0 Å². The van der Waals surface area contributed by atoms with Crippen molar-refractivity contribution < 1.29 is 12.8 Å². The number of hydrogen-bond acceptors (Lipinski definition) is 3. The zero-order valence-electron chi connectivity index (χ0n) is 12.6. The fourth-order valence-corrected chi connectivity index (χ4v) is 5.36. The first-order chi connectivity index (χ1) is 9.87. The summed E-state index contributed by atoms with van der Waals surface area (Å²) in [6, 6.07) is 2.56. The molecule has 1 saturated carbocycles. The number of rotatable bonds is 5. The van der Waals surface area contributed by atoms with E-state index in [1.807, 2.05) is 0 Å². The summed E-state index contributed by atoms with van der Waals surface area (Å²) in [5, 5.41) is 0. The van der Waals surface area contributed by atoms with E-state index in [9.17, 15) is 12.8 Å². The van der Waals surface area contributed by atoms with Crippen molar-refractivity contribution in [3.8, 4) is 0 Å². The zero-order valence-corrected chi connectivity index (χ0v) is 13.4. The number of benzene rings is 1. The van der Waals surface area contributed by atoms with Crippen molar-refractivity contribution in [2.75, 3.05) is 13.1 Å². The highest BCUT2D eigenvalue weighted by Crippen LogP contribution is 2.31. The third-order valence-corrected chi connectivity index (χ3v) is 6.33. The van der Waals surface area contributed by atoms with Crippen molar-refractivity contribution in [2.45, 2.75) is 50.5 Å². The molecule has 0 aromatic heterocycles. The van der Waals surface area contributed by atoms with E-state index in [2.05, 4.69) is 0 Å². The molecule has 0 heterocycles. The average molecular weight is 314 g/mol. The molecule has 1 aromatic rings. The van der Waals surface area contributed by atoms with Gasteiger partial charge in [-0.3, -0.25) is 0 Å².